The maximum Gasteiger partial charge on any atom is 0.320 e. The van der Waals surface area contributed by atoms with Crippen LogP contribution in [-0.4, -0.2) is 27.5 Å². The van der Waals surface area contributed by atoms with E-state index in [4.69, 9.17) is 9.15 Å². The zero-order valence-corrected chi connectivity index (χ0v) is 14.2. The Hall–Kier alpha value is -3.61. The highest BCUT2D eigenvalue weighted by Gasteiger charge is 2.09. The number of benzene rings is 2. The molecule has 0 spiro atoms. The Morgan fingerprint density at radius 2 is 2.15 bits per heavy atom. The molecule has 0 saturated carbocycles. The third-order valence-corrected chi connectivity index (χ3v) is 3.99. The molecule has 0 saturated heterocycles. The van der Waals surface area contributed by atoms with E-state index in [-0.39, 0.29) is 0 Å². The third kappa shape index (κ3) is 3.14. The van der Waals surface area contributed by atoms with Gasteiger partial charge < -0.3 is 14.5 Å². The highest BCUT2D eigenvalue weighted by Crippen LogP contribution is 2.24. The maximum atomic E-state index is 5.70. The Bertz CT molecular complexity index is 1070. The fraction of sp³-hybridized carbons (Fsp3) is 0.105. The molecule has 0 radical (unpaired) electrons. The normalized spacial score (nSPS) is 10.8. The second kappa shape index (κ2) is 6.72. The molecule has 26 heavy (non-hydrogen) atoms. The number of nitrogens with zero attached hydrogens (tertiary/aromatic N) is 3. The first-order chi connectivity index (χ1) is 12.7. The van der Waals surface area contributed by atoms with E-state index >= 15 is 0 Å². The standard InChI is InChI=1S/C19H17N5O2/c1-3-16-15-11-13(7-8-17(15)22-21-16)20-19-24-23-18(26-19)10-12-5-4-6-14(9-12)25-2/h3-9,11H,1,10H2,2H3,(H,20,24)(H,21,22). The molecule has 7 heteroatoms. The minimum atomic E-state index is 0.339. The highest BCUT2D eigenvalue weighted by atomic mass is 16.5. The number of methoxy groups -OCH3 is 1. The molecule has 0 amide bonds. The van der Waals surface area contributed by atoms with Crippen molar-refractivity contribution in [3.05, 3.63) is 66.2 Å². The number of ether oxygens (including phenoxy) is 1. The summed E-state index contributed by atoms with van der Waals surface area (Å²) in [6, 6.07) is 13.9. The second-order valence-electron chi connectivity index (χ2n) is 5.73. The molecular weight excluding hydrogens is 330 g/mol. The average Bonchev–Trinajstić information content (AvgIpc) is 3.28. The van der Waals surface area contributed by atoms with Gasteiger partial charge in [-0.15, -0.1) is 5.10 Å². The molecule has 2 aromatic heterocycles. The number of H-pyrrole nitrogens is 1. The van der Waals surface area contributed by atoms with E-state index < -0.39 is 0 Å². The van der Waals surface area contributed by atoms with Crippen molar-refractivity contribution in [2.24, 2.45) is 0 Å². The first-order valence-electron chi connectivity index (χ1n) is 8.08. The summed E-state index contributed by atoms with van der Waals surface area (Å²) in [4.78, 5) is 0. The molecule has 2 aromatic carbocycles. The van der Waals surface area contributed by atoms with E-state index in [0.29, 0.717) is 18.3 Å². The molecule has 0 bridgehead atoms. The van der Waals surface area contributed by atoms with Gasteiger partial charge in [0.05, 0.1) is 24.7 Å². The summed E-state index contributed by atoms with van der Waals surface area (Å²) in [5.74, 6) is 1.32. The van der Waals surface area contributed by atoms with E-state index in [2.05, 4.69) is 32.3 Å². The number of nitrogens with one attached hydrogen (secondary N) is 2. The lowest BCUT2D eigenvalue weighted by atomic mass is 10.1. The molecule has 2 heterocycles. The first kappa shape index (κ1) is 15.9. The highest BCUT2D eigenvalue weighted by molar-refractivity contribution is 5.89. The van der Waals surface area contributed by atoms with Crippen LogP contribution in [0.15, 0.2) is 53.5 Å². The number of anilines is 2. The van der Waals surface area contributed by atoms with Gasteiger partial charge in [0.1, 0.15) is 5.75 Å². The number of aromatic amines is 1. The SMILES string of the molecule is C=Cc1n[nH]c2ccc(Nc3nnc(Cc4cccc(OC)c4)o3)cc12. The molecule has 2 N–H and O–H groups in total. The molecule has 0 aliphatic carbocycles. The summed E-state index contributed by atoms with van der Waals surface area (Å²) < 4.78 is 10.9. The molecule has 7 nitrogen and oxygen atoms in total. The maximum absolute atomic E-state index is 5.70. The van der Waals surface area contributed by atoms with Gasteiger partial charge in [0.2, 0.25) is 5.89 Å². The summed E-state index contributed by atoms with van der Waals surface area (Å²) >= 11 is 0. The van der Waals surface area contributed by atoms with Gasteiger partial charge >= 0.3 is 6.01 Å². The van der Waals surface area contributed by atoms with Gasteiger partial charge in [-0.1, -0.05) is 23.8 Å². The van der Waals surface area contributed by atoms with Gasteiger partial charge in [-0.25, -0.2) is 0 Å². The lowest BCUT2D eigenvalue weighted by Gasteiger charge is -2.02. The van der Waals surface area contributed by atoms with E-state index in [1.54, 1.807) is 13.2 Å². The largest absolute Gasteiger partial charge is 0.497 e. The minimum absolute atomic E-state index is 0.339. The molecule has 0 unspecified atom stereocenters. The Kier molecular flexibility index (Phi) is 4.10. The Morgan fingerprint density at radius 1 is 1.23 bits per heavy atom. The predicted molar refractivity (Wildman–Crippen MR) is 99.6 cm³/mol. The van der Waals surface area contributed by atoms with Gasteiger partial charge in [-0.05, 0) is 42.0 Å². The van der Waals surface area contributed by atoms with Crippen molar-refractivity contribution in [1.29, 1.82) is 0 Å². The summed E-state index contributed by atoms with van der Waals surface area (Å²) in [6.45, 7) is 3.77. The lowest BCUT2D eigenvalue weighted by Crippen LogP contribution is -1.90. The van der Waals surface area contributed by atoms with Gasteiger partial charge in [-0.3, -0.25) is 5.10 Å². The van der Waals surface area contributed by atoms with Crippen LogP contribution in [0.2, 0.25) is 0 Å². The number of hydrogen-bond acceptors (Lipinski definition) is 6. The molecule has 0 fully saturated rings. The minimum Gasteiger partial charge on any atom is -0.497 e. The van der Waals surface area contributed by atoms with E-state index in [0.717, 1.165) is 33.6 Å². The van der Waals surface area contributed by atoms with Crippen LogP contribution in [0, 0.1) is 0 Å². The number of aromatic nitrogens is 4. The zero-order chi connectivity index (χ0) is 17.9. The van der Waals surface area contributed by atoms with Crippen LogP contribution in [0.1, 0.15) is 17.1 Å². The van der Waals surface area contributed by atoms with Crippen molar-refractivity contribution >= 4 is 28.7 Å². The summed E-state index contributed by atoms with van der Waals surface area (Å²) in [5, 5.41) is 19.4. The van der Waals surface area contributed by atoms with Crippen molar-refractivity contribution in [3.63, 3.8) is 0 Å². The van der Waals surface area contributed by atoms with Gasteiger partial charge in [0, 0.05) is 11.1 Å². The topological polar surface area (TPSA) is 88.9 Å². The second-order valence-corrected chi connectivity index (χ2v) is 5.73. The van der Waals surface area contributed by atoms with Crippen molar-refractivity contribution in [2.45, 2.75) is 6.42 Å². The Morgan fingerprint density at radius 3 is 3.00 bits per heavy atom. The van der Waals surface area contributed by atoms with Crippen molar-refractivity contribution in [3.8, 4) is 5.75 Å². The van der Waals surface area contributed by atoms with Crippen molar-refractivity contribution in [2.75, 3.05) is 12.4 Å². The van der Waals surface area contributed by atoms with Gasteiger partial charge in [0.15, 0.2) is 0 Å². The molecule has 130 valence electrons. The van der Waals surface area contributed by atoms with E-state index in [1.165, 1.54) is 0 Å². The number of rotatable bonds is 6. The van der Waals surface area contributed by atoms with Gasteiger partial charge in [-0.2, -0.15) is 5.10 Å². The quantitative estimate of drug-likeness (QED) is 0.549. The van der Waals surface area contributed by atoms with Crippen LogP contribution >= 0.6 is 0 Å². The molecule has 0 aliphatic rings. The van der Waals surface area contributed by atoms with E-state index in [1.807, 2.05) is 42.5 Å². The van der Waals surface area contributed by atoms with Crippen LogP contribution in [0.5, 0.6) is 5.75 Å². The van der Waals surface area contributed by atoms with Gasteiger partial charge in [0.25, 0.3) is 0 Å². The Labute approximate surface area is 149 Å². The third-order valence-electron chi connectivity index (χ3n) is 3.99. The summed E-state index contributed by atoms with van der Waals surface area (Å²) in [6.07, 6.45) is 2.24. The van der Waals surface area contributed by atoms with Crippen molar-refractivity contribution < 1.29 is 9.15 Å². The van der Waals surface area contributed by atoms with Crippen LogP contribution in [0.4, 0.5) is 11.7 Å². The molecule has 4 rings (SSSR count). The molecule has 0 atom stereocenters. The molecular formula is C19H17N5O2. The smallest absolute Gasteiger partial charge is 0.320 e. The average molecular weight is 347 g/mol. The van der Waals surface area contributed by atoms with Crippen LogP contribution in [-0.2, 0) is 6.42 Å². The van der Waals surface area contributed by atoms with Crippen LogP contribution in [0.25, 0.3) is 17.0 Å². The number of fused-ring (bicyclic) bond motifs is 1. The van der Waals surface area contributed by atoms with Crippen LogP contribution in [0.3, 0.4) is 0 Å². The zero-order valence-electron chi connectivity index (χ0n) is 14.2. The fourth-order valence-electron chi connectivity index (χ4n) is 2.72. The summed E-state index contributed by atoms with van der Waals surface area (Å²) in [5.41, 5.74) is 3.61. The summed E-state index contributed by atoms with van der Waals surface area (Å²) in [7, 11) is 1.64. The monoisotopic (exact) mass is 347 g/mol. The van der Waals surface area contributed by atoms with E-state index in [9.17, 15) is 0 Å². The predicted octanol–water partition coefficient (Wildman–Crippen LogP) is 3.93. The Balaban J connectivity index is 1.52. The van der Waals surface area contributed by atoms with Crippen LogP contribution < -0.4 is 10.1 Å². The number of hydrogen-bond donors (Lipinski definition) is 2. The van der Waals surface area contributed by atoms with Crippen molar-refractivity contribution in [1.82, 2.24) is 20.4 Å². The first-order valence-corrected chi connectivity index (χ1v) is 8.08. The lowest BCUT2D eigenvalue weighted by molar-refractivity contribution is 0.414. The molecule has 4 aromatic rings. The molecule has 0 aliphatic heterocycles. The fourth-order valence-corrected chi connectivity index (χ4v) is 2.72.